The van der Waals surface area contributed by atoms with Crippen LogP contribution in [0.4, 0.5) is 0 Å². The summed E-state index contributed by atoms with van der Waals surface area (Å²) in [4.78, 5) is 23.9. The van der Waals surface area contributed by atoms with Crippen molar-refractivity contribution in [1.29, 1.82) is 0 Å². The van der Waals surface area contributed by atoms with Crippen molar-refractivity contribution in [3.8, 4) is 5.75 Å². The minimum absolute atomic E-state index is 0.272. The van der Waals surface area contributed by atoms with Gasteiger partial charge < -0.3 is 10.1 Å². The smallest absolute Gasteiger partial charge is 0.329 e. The number of hydrogen-bond donors (Lipinski definition) is 2. The molecule has 0 aliphatic heterocycles. The third-order valence-electron chi connectivity index (χ3n) is 4.09. The first kappa shape index (κ1) is 19.1. The average molecular weight is 375 g/mol. The molecule has 142 valence electrons. The third-order valence-corrected chi connectivity index (χ3v) is 4.09. The van der Waals surface area contributed by atoms with Gasteiger partial charge in [0.05, 0.1) is 12.8 Å². The van der Waals surface area contributed by atoms with Crippen LogP contribution in [0.3, 0.4) is 0 Å². The predicted molar refractivity (Wildman–Crippen MR) is 109 cm³/mol. The van der Waals surface area contributed by atoms with Crippen LogP contribution in [0.25, 0.3) is 10.8 Å². The summed E-state index contributed by atoms with van der Waals surface area (Å²) in [5.41, 5.74) is 3.91. The Morgan fingerprint density at radius 2 is 1.71 bits per heavy atom. The molecule has 2 amide bonds. The molecule has 0 bridgehead atoms. The van der Waals surface area contributed by atoms with Crippen LogP contribution >= 0.6 is 0 Å². The number of ether oxygens (including phenoxy) is 1. The fourth-order valence-corrected chi connectivity index (χ4v) is 2.75. The maximum absolute atomic E-state index is 12.0. The molecule has 0 fully saturated rings. The summed E-state index contributed by atoms with van der Waals surface area (Å²) in [7, 11) is 0. The Bertz CT molecular complexity index is 1000. The van der Waals surface area contributed by atoms with Gasteiger partial charge in [0.25, 0.3) is 0 Å². The minimum Gasteiger partial charge on any atom is -0.493 e. The van der Waals surface area contributed by atoms with Crippen molar-refractivity contribution in [2.75, 3.05) is 6.61 Å². The lowest BCUT2D eigenvalue weighted by Gasteiger charge is -2.10. The Morgan fingerprint density at radius 1 is 0.964 bits per heavy atom. The lowest BCUT2D eigenvalue weighted by molar-refractivity contribution is -0.139. The van der Waals surface area contributed by atoms with Crippen molar-refractivity contribution >= 4 is 28.8 Å². The predicted octanol–water partition coefficient (Wildman–Crippen LogP) is 3.01. The van der Waals surface area contributed by atoms with E-state index in [1.807, 2.05) is 73.7 Å². The van der Waals surface area contributed by atoms with Gasteiger partial charge in [-0.1, -0.05) is 60.7 Å². The van der Waals surface area contributed by atoms with Gasteiger partial charge in [-0.25, -0.2) is 5.43 Å². The topological polar surface area (TPSA) is 79.8 Å². The van der Waals surface area contributed by atoms with Gasteiger partial charge in [-0.05, 0) is 29.3 Å². The zero-order valence-corrected chi connectivity index (χ0v) is 15.5. The van der Waals surface area contributed by atoms with Gasteiger partial charge >= 0.3 is 11.8 Å². The van der Waals surface area contributed by atoms with Gasteiger partial charge in [-0.15, -0.1) is 0 Å². The molecule has 0 atom stereocenters. The van der Waals surface area contributed by atoms with Gasteiger partial charge in [0.15, 0.2) is 0 Å². The van der Waals surface area contributed by atoms with Gasteiger partial charge in [-0.2, -0.15) is 5.10 Å². The Kier molecular flexibility index (Phi) is 6.36. The van der Waals surface area contributed by atoms with Crippen LogP contribution in [0, 0.1) is 0 Å². The fourth-order valence-electron chi connectivity index (χ4n) is 2.75. The van der Waals surface area contributed by atoms with Crippen molar-refractivity contribution in [3.05, 3.63) is 77.9 Å². The third kappa shape index (κ3) is 4.73. The molecule has 0 saturated heterocycles. The number of nitrogens with one attached hydrogen (secondary N) is 2. The van der Waals surface area contributed by atoms with Crippen LogP contribution in [0.2, 0.25) is 0 Å². The highest BCUT2D eigenvalue weighted by Gasteiger charge is 2.12. The average Bonchev–Trinajstić information content (AvgIpc) is 2.74. The van der Waals surface area contributed by atoms with E-state index in [-0.39, 0.29) is 6.54 Å². The highest BCUT2D eigenvalue weighted by atomic mass is 16.5. The maximum Gasteiger partial charge on any atom is 0.329 e. The Hall–Kier alpha value is -3.67. The number of carbonyl (C=O) groups excluding carboxylic acids is 2. The fraction of sp³-hybridized carbons (Fsp3) is 0.136. The number of benzene rings is 3. The number of hydrazone groups is 1. The van der Waals surface area contributed by atoms with Crippen LogP contribution in [0.15, 0.2) is 71.8 Å². The van der Waals surface area contributed by atoms with Crippen molar-refractivity contribution < 1.29 is 14.3 Å². The summed E-state index contributed by atoms with van der Waals surface area (Å²) >= 11 is 0. The molecule has 6 nitrogen and oxygen atoms in total. The lowest BCUT2D eigenvalue weighted by atomic mass is 10.0. The number of hydrogen-bond acceptors (Lipinski definition) is 4. The van der Waals surface area contributed by atoms with Gasteiger partial charge in [0.2, 0.25) is 0 Å². The van der Waals surface area contributed by atoms with Gasteiger partial charge in [-0.3, -0.25) is 9.59 Å². The second-order valence-electron chi connectivity index (χ2n) is 6.00. The largest absolute Gasteiger partial charge is 0.493 e. The highest BCUT2D eigenvalue weighted by Crippen LogP contribution is 2.26. The lowest BCUT2D eigenvalue weighted by Crippen LogP contribution is -2.37. The monoisotopic (exact) mass is 375 g/mol. The van der Waals surface area contributed by atoms with E-state index in [9.17, 15) is 9.59 Å². The summed E-state index contributed by atoms with van der Waals surface area (Å²) in [5.74, 6) is -0.915. The first-order chi connectivity index (χ1) is 13.7. The minimum atomic E-state index is -0.828. The molecular formula is C22H21N3O3. The first-order valence-electron chi connectivity index (χ1n) is 8.98. The molecule has 3 rings (SSSR count). The van der Waals surface area contributed by atoms with Crippen LogP contribution in [0.1, 0.15) is 18.1 Å². The molecule has 0 aliphatic carbocycles. The number of carbonyl (C=O) groups is 2. The Morgan fingerprint density at radius 3 is 2.50 bits per heavy atom. The summed E-state index contributed by atoms with van der Waals surface area (Å²) in [6.07, 6.45) is 1.50. The molecular weight excluding hydrogens is 354 g/mol. The number of fused-ring (bicyclic) bond motifs is 1. The molecule has 2 N–H and O–H groups in total. The highest BCUT2D eigenvalue weighted by molar-refractivity contribution is 6.35. The van der Waals surface area contributed by atoms with Crippen molar-refractivity contribution in [2.45, 2.75) is 13.5 Å². The van der Waals surface area contributed by atoms with E-state index >= 15 is 0 Å². The molecule has 3 aromatic rings. The molecule has 0 unspecified atom stereocenters. The molecule has 6 heteroatoms. The number of amides is 2. The van der Waals surface area contributed by atoms with E-state index < -0.39 is 11.8 Å². The normalized spacial score (nSPS) is 10.8. The van der Waals surface area contributed by atoms with E-state index in [0.29, 0.717) is 12.4 Å². The molecule has 0 saturated carbocycles. The summed E-state index contributed by atoms with van der Waals surface area (Å²) in [6.45, 7) is 2.68. The van der Waals surface area contributed by atoms with Crippen LogP contribution in [0.5, 0.6) is 5.75 Å². The molecule has 0 heterocycles. The van der Waals surface area contributed by atoms with Crippen LogP contribution < -0.4 is 15.5 Å². The zero-order chi connectivity index (χ0) is 19.8. The first-order valence-corrected chi connectivity index (χ1v) is 8.98. The molecule has 0 radical (unpaired) electrons. The molecule has 0 aromatic heterocycles. The van der Waals surface area contributed by atoms with Gasteiger partial charge in [0.1, 0.15) is 5.75 Å². The summed E-state index contributed by atoms with van der Waals surface area (Å²) in [6, 6.07) is 21.0. The van der Waals surface area contributed by atoms with Gasteiger partial charge in [0, 0.05) is 12.1 Å². The van der Waals surface area contributed by atoms with Crippen LogP contribution in [-0.2, 0) is 16.1 Å². The Balaban J connectivity index is 1.67. The molecule has 0 aliphatic rings. The van der Waals surface area contributed by atoms with Crippen molar-refractivity contribution in [3.63, 3.8) is 0 Å². The second-order valence-corrected chi connectivity index (χ2v) is 6.00. The number of nitrogens with zero attached hydrogens (tertiary/aromatic N) is 1. The Labute approximate surface area is 163 Å². The second kappa shape index (κ2) is 9.32. The van der Waals surface area contributed by atoms with E-state index in [1.165, 1.54) is 6.21 Å². The summed E-state index contributed by atoms with van der Waals surface area (Å²) in [5, 5.41) is 8.48. The van der Waals surface area contributed by atoms with E-state index in [0.717, 1.165) is 21.9 Å². The molecule has 28 heavy (non-hydrogen) atoms. The molecule has 3 aromatic carbocycles. The summed E-state index contributed by atoms with van der Waals surface area (Å²) < 4.78 is 5.65. The standard InChI is InChI=1S/C22H21N3O3/c1-2-28-20-13-12-17-10-6-7-11-18(17)19(20)15-24-25-22(27)21(26)23-14-16-8-4-3-5-9-16/h3-13,15H,2,14H2,1H3,(H,23,26)(H,25,27)/b24-15-. The van der Waals surface area contributed by atoms with E-state index in [1.54, 1.807) is 0 Å². The van der Waals surface area contributed by atoms with E-state index in [4.69, 9.17) is 4.74 Å². The van der Waals surface area contributed by atoms with Crippen molar-refractivity contribution in [2.24, 2.45) is 5.10 Å². The molecule has 0 spiro atoms. The van der Waals surface area contributed by atoms with Crippen molar-refractivity contribution in [1.82, 2.24) is 10.7 Å². The van der Waals surface area contributed by atoms with Crippen LogP contribution in [-0.4, -0.2) is 24.6 Å². The SMILES string of the molecule is CCOc1ccc2ccccc2c1/C=N\NC(=O)C(=O)NCc1ccccc1. The number of rotatable bonds is 6. The zero-order valence-electron chi connectivity index (χ0n) is 15.5. The maximum atomic E-state index is 12.0. The van der Waals surface area contributed by atoms with E-state index in [2.05, 4.69) is 15.8 Å². The quantitative estimate of drug-likeness (QED) is 0.395.